The van der Waals surface area contributed by atoms with E-state index < -0.39 is 0 Å². The molecule has 1 aliphatic carbocycles. The Kier molecular flexibility index (Phi) is 5.24. The van der Waals surface area contributed by atoms with E-state index >= 15 is 0 Å². The number of ether oxygens (including phenoxy) is 1. The summed E-state index contributed by atoms with van der Waals surface area (Å²) in [6, 6.07) is 12.5. The number of carbonyl (C=O) groups is 2. The third-order valence-corrected chi connectivity index (χ3v) is 4.27. The largest absolute Gasteiger partial charge is 0.496 e. The van der Waals surface area contributed by atoms with Gasteiger partial charge in [0.05, 0.1) is 24.1 Å². The highest BCUT2D eigenvalue weighted by molar-refractivity contribution is 6.34. The fourth-order valence-corrected chi connectivity index (χ4v) is 2.76. The number of rotatable bonds is 6. The highest BCUT2D eigenvalue weighted by Gasteiger charge is 2.24. The fourth-order valence-electron chi connectivity index (χ4n) is 2.49. The van der Waals surface area contributed by atoms with Gasteiger partial charge in [-0.2, -0.15) is 0 Å². The quantitative estimate of drug-likeness (QED) is 0.831. The number of hydrogen-bond acceptors (Lipinski definition) is 3. The monoisotopic (exact) mass is 358 g/mol. The summed E-state index contributed by atoms with van der Waals surface area (Å²) in [6.07, 6.45) is 2.21. The van der Waals surface area contributed by atoms with Crippen LogP contribution in [0.2, 0.25) is 5.02 Å². The first-order valence-corrected chi connectivity index (χ1v) is 8.47. The van der Waals surface area contributed by atoms with Crippen molar-refractivity contribution in [2.24, 2.45) is 0 Å². The van der Waals surface area contributed by atoms with Crippen LogP contribution >= 0.6 is 11.6 Å². The van der Waals surface area contributed by atoms with Crippen molar-refractivity contribution in [3.8, 4) is 5.75 Å². The average Bonchev–Trinajstić information content (AvgIpc) is 3.39. The summed E-state index contributed by atoms with van der Waals surface area (Å²) in [7, 11) is 1.57. The van der Waals surface area contributed by atoms with Crippen molar-refractivity contribution >= 4 is 29.1 Å². The van der Waals surface area contributed by atoms with Gasteiger partial charge in [0, 0.05) is 17.3 Å². The molecule has 0 spiro atoms. The Morgan fingerprint density at radius 1 is 1.20 bits per heavy atom. The van der Waals surface area contributed by atoms with Gasteiger partial charge in [-0.15, -0.1) is 0 Å². The smallest absolute Gasteiger partial charge is 0.253 e. The van der Waals surface area contributed by atoms with Gasteiger partial charge in [0.15, 0.2) is 0 Å². The molecule has 2 N–H and O–H groups in total. The predicted molar refractivity (Wildman–Crippen MR) is 97.3 cm³/mol. The number of benzene rings is 2. The molecule has 0 saturated heterocycles. The van der Waals surface area contributed by atoms with Crippen molar-refractivity contribution < 1.29 is 14.3 Å². The second kappa shape index (κ2) is 7.57. The van der Waals surface area contributed by atoms with Gasteiger partial charge in [0.25, 0.3) is 5.91 Å². The topological polar surface area (TPSA) is 67.4 Å². The molecule has 5 nitrogen and oxygen atoms in total. The van der Waals surface area contributed by atoms with E-state index in [2.05, 4.69) is 10.6 Å². The van der Waals surface area contributed by atoms with E-state index in [0.29, 0.717) is 22.0 Å². The summed E-state index contributed by atoms with van der Waals surface area (Å²) in [5.41, 5.74) is 1.76. The van der Waals surface area contributed by atoms with Crippen LogP contribution in [0.3, 0.4) is 0 Å². The number of nitrogens with one attached hydrogen (secondary N) is 2. The van der Waals surface area contributed by atoms with Crippen molar-refractivity contribution in [2.75, 3.05) is 12.4 Å². The lowest BCUT2D eigenvalue weighted by Gasteiger charge is -2.10. The SMILES string of the molecule is COc1ccccc1CC(=O)Nc1ccc(C(=O)NC2CC2)c(Cl)c1. The fraction of sp³-hybridized carbons (Fsp3) is 0.263. The third-order valence-electron chi connectivity index (χ3n) is 3.95. The van der Waals surface area contributed by atoms with E-state index in [1.165, 1.54) is 0 Å². The maximum absolute atomic E-state index is 12.2. The molecule has 3 rings (SSSR count). The van der Waals surface area contributed by atoms with E-state index in [-0.39, 0.29) is 24.3 Å². The summed E-state index contributed by atoms with van der Waals surface area (Å²) < 4.78 is 5.25. The molecular weight excluding hydrogens is 340 g/mol. The van der Waals surface area contributed by atoms with Crippen LogP contribution in [0.25, 0.3) is 0 Å². The van der Waals surface area contributed by atoms with Crippen LogP contribution in [0, 0.1) is 0 Å². The summed E-state index contributed by atoms with van der Waals surface area (Å²) in [4.78, 5) is 24.3. The Hall–Kier alpha value is -2.53. The first-order chi connectivity index (χ1) is 12.1. The van der Waals surface area contributed by atoms with Crippen LogP contribution in [-0.2, 0) is 11.2 Å². The normalized spacial score (nSPS) is 13.2. The van der Waals surface area contributed by atoms with Gasteiger partial charge < -0.3 is 15.4 Å². The van der Waals surface area contributed by atoms with E-state index in [0.717, 1.165) is 18.4 Å². The van der Waals surface area contributed by atoms with Gasteiger partial charge in [-0.25, -0.2) is 0 Å². The van der Waals surface area contributed by atoms with Crippen molar-refractivity contribution in [2.45, 2.75) is 25.3 Å². The van der Waals surface area contributed by atoms with Crippen molar-refractivity contribution in [1.29, 1.82) is 0 Å². The Bertz CT molecular complexity index is 803. The number of halogens is 1. The van der Waals surface area contributed by atoms with Crippen LogP contribution in [0.4, 0.5) is 5.69 Å². The number of carbonyl (C=O) groups excluding carboxylic acids is 2. The highest BCUT2D eigenvalue weighted by Crippen LogP contribution is 2.24. The first-order valence-electron chi connectivity index (χ1n) is 8.09. The third kappa shape index (κ3) is 4.51. The van der Waals surface area contributed by atoms with E-state index in [4.69, 9.17) is 16.3 Å². The average molecular weight is 359 g/mol. The van der Waals surface area contributed by atoms with Gasteiger partial charge in [0.1, 0.15) is 5.75 Å². The molecule has 2 aromatic carbocycles. The van der Waals surface area contributed by atoms with E-state index in [1.807, 2.05) is 24.3 Å². The molecule has 1 fully saturated rings. The van der Waals surface area contributed by atoms with Crippen molar-refractivity contribution in [1.82, 2.24) is 5.32 Å². The summed E-state index contributed by atoms with van der Waals surface area (Å²) in [5.74, 6) is 0.304. The molecule has 0 atom stereocenters. The number of hydrogen-bond donors (Lipinski definition) is 2. The molecule has 0 aliphatic heterocycles. The van der Waals surface area contributed by atoms with Crippen molar-refractivity contribution in [3.63, 3.8) is 0 Å². The lowest BCUT2D eigenvalue weighted by Crippen LogP contribution is -2.25. The molecule has 2 amide bonds. The second-order valence-corrected chi connectivity index (χ2v) is 6.39. The van der Waals surface area contributed by atoms with Gasteiger partial charge >= 0.3 is 0 Å². The van der Waals surface area contributed by atoms with Crippen molar-refractivity contribution in [3.05, 3.63) is 58.6 Å². The Morgan fingerprint density at radius 2 is 1.96 bits per heavy atom. The van der Waals surface area contributed by atoms with Gasteiger partial charge in [-0.05, 0) is 37.1 Å². The second-order valence-electron chi connectivity index (χ2n) is 5.98. The van der Waals surface area contributed by atoms with Crippen LogP contribution in [-0.4, -0.2) is 25.0 Å². The summed E-state index contributed by atoms with van der Waals surface area (Å²) >= 11 is 6.19. The summed E-state index contributed by atoms with van der Waals surface area (Å²) in [6.45, 7) is 0. The van der Waals surface area contributed by atoms with E-state index in [1.54, 1.807) is 25.3 Å². The summed E-state index contributed by atoms with van der Waals surface area (Å²) in [5, 5.41) is 6.00. The zero-order valence-electron chi connectivity index (χ0n) is 13.8. The molecule has 0 aromatic heterocycles. The lowest BCUT2D eigenvalue weighted by molar-refractivity contribution is -0.115. The standard InChI is InChI=1S/C19H19ClN2O3/c1-25-17-5-3-2-4-12(17)10-18(23)21-14-8-9-15(16(20)11-14)19(24)22-13-6-7-13/h2-5,8-9,11,13H,6-7,10H2,1H3,(H,21,23)(H,22,24). The minimum atomic E-state index is -0.184. The van der Waals surface area contributed by atoms with Crippen LogP contribution < -0.4 is 15.4 Å². The molecule has 130 valence electrons. The molecular formula is C19H19ClN2O3. The van der Waals surface area contributed by atoms with Gasteiger partial charge in [-0.1, -0.05) is 29.8 Å². The number of anilines is 1. The molecule has 0 heterocycles. The number of para-hydroxylation sites is 1. The number of methoxy groups -OCH3 is 1. The predicted octanol–water partition coefficient (Wildman–Crippen LogP) is 3.42. The van der Waals surface area contributed by atoms with Gasteiger partial charge in [-0.3, -0.25) is 9.59 Å². The van der Waals surface area contributed by atoms with Crippen LogP contribution in [0.5, 0.6) is 5.75 Å². The first kappa shape index (κ1) is 17.3. The lowest BCUT2D eigenvalue weighted by atomic mass is 10.1. The molecule has 2 aromatic rings. The molecule has 1 saturated carbocycles. The molecule has 25 heavy (non-hydrogen) atoms. The van der Waals surface area contributed by atoms with E-state index in [9.17, 15) is 9.59 Å². The zero-order valence-corrected chi connectivity index (χ0v) is 14.6. The Balaban J connectivity index is 1.65. The van der Waals surface area contributed by atoms with Crippen LogP contribution in [0.15, 0.2) is 42.5 Å². The number of amides is 2. The van der Waals surface area contributed by atoms with Crippen LogP contribution in [0.1, 0.15) is 28.8 Å². The molecule has 0 unspecified atom stereocenters. The molecule has 0 radical (unpaired) electrons. The Labute approximate surface area is 151 Å². The maximum Gasteiger partial charge on any atom is 0.253 e. The molecule has 1 aliphatic rings. The van der Waals surface area contributed by atoms with Gasteiger partial charge in [0.2, 0.25) is 5.91 Å². The molecule has 0 bridgehead atoms. The Morgan fingerprint density at radius 3 is 2.64 bits per heavy atom. The minimum absolute atomic E-state index is 0.181. The maximum atomic E-state index is 12.2. The highest BCUT2D eigenvalue weighted by atomic mass is 35.5. The zero-order chi connectivity index (χ0) is 17.8. The molecule has 6 heteroatoms. The minimum Gasteiger partial charge on any atom is -0.496 e.